The summed E-state index contributed by atoms with van der Waals surface area (Å²) in [5.74, 6) is 0.563. The van der Waals surface area contributed by atoms with Gasteiger partial charge in [0.05, 0.1) is 12.3 Å². The molecule has 0 amide bonds. The lowest BCUT2D eigenvalue weighted by Crippen LogP contribution is -2.48. The third-order valence-electron chi connectivity index (χ3n) is 3.00. The van der Waals surface area contributed by atoms with Crippen molar-refractivity contribution in [2.75, 3.05) is 37.5 Å². The van der Waals surface area contributed by atoms with Crippen molar-refractivity contribution in [3.8, 4) is 5.75 Å². The van der Waals surface area contributed by atoms with Gasteiger partial charge in [-0.1, -0.05) is 19.1 Å². The van der Waals surface area contributed by atoms with Gasteiger partial charge in [0.15, 0.2) is 0 Å². The summed E-state index contributed by atoms with van der Waals surface area (Å²) >= 11 is 0. The van der Waals surface area contributed by atoms with Crippen LogP contribution in [0.2, 0.25) is 0 Å². The van der Waals surface area contributed by atoms with E-state index in [1.54, 1.807) is 18.2 Å². The van der Waals surface area contributed by atoms with E-state index in [1.807, 2.05) is 13.0 Å². The Morgan fingerprint density at radius 1 is 1.30 bits per heavy atom. The van der Waals surface area contributed by atoms with Crippen molar-refractivity contribution in [3.63, 3.8) is 0 Å². The molecule has 7 heteroatoms. The number of nitrogens with zero attached hydrogens (tertiary/aromatic N) is 1. The summed E-state index contributed by atoms with van der Waals surface area (Å²) in [5, 5.41) is 3.13. The fourth-order valence-electron chi connectivity index (χ4n) is 1.98. The zero-order chi connectivity index (χ0) is 14.4. The first-order valence-corrected chi connectivity index (χ1v) is 8.28. The van der Waals surface area contributed by atoms with Gasteiger partial charge < -0.3 is 10.1 Å². The van der Waals surface area contributed by atoms with Crippen LogP contribution in [0.3, 0.4) is 0 Å². The van der Waals surface area contributed by atoms with Crippen LogP contribution in [-0.4, -0.2) is 45.5 Å². The number of hydrogen-bond donors (Lipinski definition) is 2. The molecule has 0 bridgehead atoms. The Hall–Kier alpha value is -1.31. The molecule has 0 atom stereocenters. The molecule has 112 valence electrons. The molecule has 20 heavy (non-hydrogen) atoms. The van der Waals surface area contributed by atoms with Crippen molar-refractivity contribution in [2.24, 2.45) is 0 Å². The Morgan fingerprint density at radius 2 is 2.00 bits per heavy atom. The molecule has 2 rings (SSSR count). The van der Waals surface area contributed by atoms with E-state index in [0.717, 1.165) is 6.42 Å². The molecule has 1 aromatic rings. The van der Waals surface area contributed by atoms with Crippen LogP contribution in [0.15, 0.2) is 24.3 Å². The second kappa shape index (κ2) is 6.92. The second-order valence-electron chi connectivity index (χ2n) is 4.60. The smallest absolute Gasteiger partial charge is 0.301 e. The third-order valence-corrected chi connectivity index (χ3v) is 4.53. The molecule has 0 spiro atoms. The lowest BCUT2D eigenvalue weighted by atomic mass is 10.3. The van der Waals surface area contributed by atoms with E-state index < -0.39 is 10.2 Å². The minimum Gasteiger partial charge on any atom is -0.491 e. The Kier molecular flexibility index (Phi) is 5.22. The first-order chi connectivity index (χ1) is 9.63. The predicted octanol–water partition coefficient (Wildman–Crippen LogP) is 1.04. The van der Waals surface area contributed by atoms with Crippen LogP contribution in [0, 0.1) is 0 Å². The highest BCUT2D eigenvalue weighted by atomic mass is 32.2. The Labute approximate surface area is 120 Å². The van der Waals surface area contributed by atoms with E-state index in [9.17, 15) is 8.42 Å². The minimum absolute atomic E-state index is 0.479. The number of piperazine rings is 1. The van der Waals surface area contributed by atoms with E-state index in [4.69, 9.17) is 4.74 Å². The van der Waals surface area contributed by atoms with Crippen molar-refractivity contribution in [1.29, 1.82) is 0 Å². The second-order valence-corrected chi connectivity index (χ2v) is 6.27. The maximum atomic E-state index is 12.3. The lowest BCUT2D eigenvalue weighted by Gasteiger charge is -2.27. The molecule has 1 fully saturated rings. The number of benzene rings is 1. The summed E-state index contributed by atoms with van der Waals surface area (Å²) in [6.07, 6.45) is 0.874. The molecule has 0 aromatic heterocycles. The zero-order valence-electron chi connectivity index (χ0n) is 11.6. The van der Waals surface area contributed by atoms with Gasteiger partial charge in [-0.3, -0.25) is 4.72 Å². The van der Waals surface area contributed by atoms with Crippen molar-refractivity contribution in [3.05, 3.63) is 24.3 Å². The summed E-state index contributed by atoms with van der Waals surface area (Å²) < 4.78 is 34.2. The van der Waals surface area contributed by atoms with Crippen molar-refractivity contribution in [1.82, 2.24) is 9.62 Å². The van der Waals surface area contributed by atoms with E-state index in [2.05, 4.69) is 10.0 Å². The van der Waals surface area contributed by atoms with E-state index >= 15 is 0 Å². The van der Waals surface area contributed by atoms with Gasteiger partial charge in [0.25, 0.3) is 0 Å². The quantitative estimate of drug-likeness (QED) is 0.823. The molecule has 0 aliphatic carbocycles. The summed E-state index contributed by atoms with van der Waals surface area (Å²) in [6, 6.07) is 7.10. The number of hydrogen-bond acceptors (Lipinski definition) is 4. The molecule has 1 aliphatic heterocycles. The summed E-state index contributed by atoms with van der Waals surface area (Å²) in [5.41, 5.74) is 0.486. The number of nitrogens with one attached hydrogen (secondary N) is 2. The number of rotatable bonds is 6. The van der Waals surface area contributed by atoms with Crippen LogP contribution in [0.4, 0.5) is 5.69 Å². The van der Waals surface area contributed by atoms with Gasteiger partial charge in [-0.25, -0.2) is 0 Å². The molecule has 6 nitrogen and oxygen atoms in total. The molecule has 1 heterocycles. The van der Waals surface area contributed by atoms with Crippen LogP contribution < -0.4 is 14.8 Å². The average molecular weight is 299 g/mol. The molecular formula is C13H21N3O3S. The number of para-hydroxylation sites is 2. The van der Waals surface area contributed by atoms with Crippen LogP contribution >= 0.6 is 0 Å². The molecule has 1 aromatic carbocycles. The molecular weight excluding hydrogens is 278 g/mol. The molecule has 1 aliphatic rings. The van der Waals surface area contributed by atoms with E-state index in [1.165, 1.54) is 4.31 Å². The van der Waals surface area contributed by atoms with Gasteiger partial charge in [-0.05, 0) is 18.6 Å². The normalized spacial score (nSPS) is 16.9. The lowest BCUT2D eigenvalue weighted by molar-refractivity contribution is 0.319. The number of anilines is 1. The van der Waals surface area contributed by atoms with Crippen LogP contribution in [0.25, 0.3) is 0 Å². The largest absolute Gasteiger partial charge is 0.491 e. The maximum Gasteiger partial charge on any atom is 0.301 e. The van der Waals surface area contributed by atoms with Gasteiger partial charge in [-0.15, -0.1) is 0 Å². The van der Waals surface area contributed by atoms with Crippen molar-refractivity contribution in [2.45, 2.75) is 13.3 Å². The fourth-order valence-corrected chi connectivity index (χ4v) is 3.22. The standard InChI is InChI=1S/C13H21N3O3S/c1-2-11-19-13-6-4-3-5-12(13)15-20(17,18)16-9-7-14-8-10-16/h3-6,14-15H,2,7-11H2,1H3. The molecule has 0 radical (unpaired) electrons. The van der Waals surface area contributed by atoms with Crippen LogP contribution in [0.5, 0.6) is 5.75 Å². The minimum atomic E-state index is -3.52. The first kappa shape index (κ1) is 15.1. The van der Waals surface area contributed by atoms with Gasteiger partial charge in [0.1, 0.15) is 5.75 Å². The molecule has 0 saturated carbocycles. The Morgan fingerprint density at radius 3 is 2.70 bits per heavy atom. The molecule has 2 N–H and O–H groups in total. The first-order valence-electron chi connectivity index (χ1n) is 6.84. The van der Waals surface area contributed by atoms with Gasteiger partial charge in [0, 0.05) is 26.2 Å². The molecule has 0 unspecified atom stereocenters. The van der Waals surface area contributed by atoms with Crippen molar-refractivity contribution >= 4 is 15.9 Å². The number of ether oxygens (including phenoxy) is 1. The maximum absolute atomic E-state index is 12.3. The highest BCUT2D eigenvalue weighted by Crippen LogP contribution is 2.25. The summed E-state index contributed by atoms with van der Waals surface area (Å²) in [4.78, 5) is 0. The third kappa shape index (κ3) is 3.84. The summed E-state index contributed by atoms with van der Waals surface area (Å²) in [7, 11) is -3.52. The zero-order valence-corrected chi connectivity index (χ0v) is 12.4. The highest BCUT2D eigenvalue weighted by Gasteiger charge is 2.24. The van der Waals surface area contributed by atoms with Crippen molar-refractivity contribution < 1.29 is 13.2 Å². The highest BCUT2D eigenvalue weighted by molar-refractivity contribution is 7.90. The Balaban J connectivity index is 2.11. The SMILES string of the molecule is CCCOc1ccccc1NS(=O)(=O)N1CCNCC1. The fraction of sp³-hybridized carbons (Fsp3) is 0.538. The Bertz CT molecular complexity index is 527. The summed E-state index contributed by atoms with van der Waals surface area (Å²) in [6.45, 7) is 4.88. The van der Waals surface area contributed by atoms with Gasteiger partial charge in [0.2, 0.25) is 0 Å². The topological polar surface area (TPSA) is 70.7 Å². The monoisotopic (exact) mass is 299 g/mol. The average Bonchev–Trinajstić information content (AvgIpc) is 2.47. The van der Waals surface area contributed by atoms with E-state index in [-0.39, 0.29) is 0 Å². The van der Waals surface area contributed by atoms with Crippen LogP contribution in [-0.2, 0) is 10.2 Å². The van der Waals surface area contributed by atoms with Crippen LogP contribution in [0.1, 0.15) is 13.3 Å². The van der Waals surface area contributed by atoms with Gasteiger partial charge in [-0.2, -0.15) is 12.7 Å². The van der Waals surface area contributed by atoms with E-state index in [0.29, 0.717) is 44.2 Å². The van der Waals surface area contributed by atoms with Gasteiger partial charge >= 0.3 is 10.2 Å². The molecule has 1 saturated heterocycles. The predicted molar refractivity (Wildman–Crippen MR) is 79.2 cm³/mol.